The number of carbonyl (C=O) groups excluding carboxylic acids is 1. The first-order chi connectivity index (χ1) is 9.60. The van der Waals surface area contributed by atoms with Crippen molar-refractivity contribution in [3.8, 4) is 0 Å². The van der Waals surface area contributed by atoms with Crippen LogP contribution in [0.25, 0.3) is 10.1 Å². The first kappa shape index (κ1) is 14.5. The molecule has 0 unspecified atom stereocenters. The summed E-state index contributed by atoms with van der Waals surface area (Å²) in [6.45, 7) is 0.555. The van der Waals surface area contributed by atoms with Gasteiger partial charge in [0.05, 0.1) is 0 Å². The van der Waals surface area contributed by atoms with Gasteiger partial charge in [-0.2, -0.15) is 0 Å². The summed E-state index contributed by atoms with van der Waals surface area (Å²) in [4.78, 5) is 22.9. The number of carboxylic acid groups (broad SMARTS) is 1. The maximum Gasteiger partial charge on any atom is 0.345 e. The smallest absolute Gasteiger partial charge is 0.345 e. The minimum Gasteiger partial charge on any atom is -0.477 e. The molecule has 1 amide bonds. The third-order valence-corrected chi connectivity index (χ3v) is 3.87. The molecular weight excluding hydrogens is 278 g/mol. The van der Waals surface area contributed by atoms with Crippen molar-refractivity contribution in [1.29, 1.82) is 0 Å². The van der Waals surface area contributed by atoms with E-state index < -0.39 is 5.97 Å². The number of carbonyl (C=O) groups is 2. The standard InChI is InChI=1S/C14H15NO4S/c1-19-6-2-3-13(16)15-10-4-5-11-9(7-10)8-12(20-11)14(17)18/h4-5,7-8H,2-3,6H2,1H3,(H,15,16)(H,17,18). The number of carboxylic acids is 1. The van der Waals surface area contributed by atoms with Crippen LogP contribution in [-0.4, -0.2) is 30.7 Å². The van der Waals surface area contributed by atoms with Crippen LogP contribution < -0.4 is 5.32 Å². The Morgan fingerprint density at radius 1 is 1.35 bits per heavy atom. The molecule has 6 heteroatoms. The number of hydrogen-bond donors (Lipinski definition) is 2. The Hall–Kier alpha value is -1.92. The lowest BCUT2D eigenvalue weighted by molar-refractivity contribution is -0.116. The molecule has 1 aromatic carbocycles. The molecule has 2 rings (SSSR count). The van der Waals surface area contributed by atoms with Gasteiger partial charge in [0.1, 0.15) is 4.88 Å². The molecule has 106 valence electrons. The summed E-state index contributed by atoms with van der Waals surface area (Å²) in [6, 6.07) is 6.99. The van der Waals surface area contributed by atoms with Crippen molar-refractivity contribution in [3.63, 3.8) is 0 Å². The minimum atomic E-state index is -0.934. The SMILES string of the molecule is COCCCC(=O)Nc1ccc2sc(C(=O)O)cc2c1. The Morgan fingerprint density at radius 3 is 2.85 bits per heavy atom. The zero-order valence-corrected chi connectivity index (χ0v) is 11.8. The van der Waals surface area contributed by atoms with Crippen LogP contribution in [0, 0.1) is 0 Å². The highest BCUT2D eigenvalue weighted by atomic mass is 32.1. The summed E-state index contributed by atoms with van der Waals surface area (Å²) >= 11 is 1.22. The molecule has 1 aromatic heterocycles. The minimum absolute atomic E-state index is 0.0740. The Labute approximate surface area is 120 Å². The second-order valence-electron chi connectivity index (χ2n) is 4.31. The van der Waals surface area contributed by atoms with E-state index in [0.29, 0.717) is 30.0 Å². The summed E-state index contributed by atoms with van der Waals surface area (Å²) < 4.78 is 5.78. The lowest BCUT2D eigenvalue weighted by Gasteiger charge is -2.05. The number of thiophene rings is 1. The molecule has 0 saturated carbocycles. The van der Waals surface area contributed by atoms with E-state index in [1.165, 1.54) is 11.3 Å². The van der Waals surface area contributed by atoms with Crippen molar-refractivity contribution >= 4 is 39.0 Å². The monoisotopic (exact) mass is 293 g/mol. The predicted octanol–water partition coefficient (Wildman–Crippen LogP) is 2.96. The third-order valence-electron chi connectivity index (χ3n) is 2.76. The molecule has 5 nitrogen and oxygen atoms in total. The van der Waals surface area contributed by atoms with Crippen molar-refractivity contribution in [2.45, 2.75) is 12.8 Å². The highest BCUT2D eigenvalue weighted by Gasteiger charge is 2.09. The van der Waals surface area contributed by atoms with Crippen LogP contribution in [0.1, 0.15) is 22.5 Å². The van der Waals surface area contributed by atoms with E-state index in [4.69, 9.17) is 9.84 Å². The maximum absolute atomic E-state index is 11.7. The molecule has 0 aliphatic rings. The normalized spacial score (nSPS) is 10.7. The fourth-order valence-electron chi connectivity index (χ4n) is 1.83. The number of hydrogen-bond acceptors (Lipinski definition) is 4. The van der Waals surface area contributed by atoms with E-state index in [2.05, 4.69) is 5.32 Å². The first-order valence-electron chi connectivity index (χ1n) is 6.16. The third kappa shape index (κ3) is 3.55. The van der Waals surface area contributed by atoms with Gasteiger partial charge in [-0.1, -0.05) is 0 Å². The molecule has 0 fully saturated rings. The maximum atomic E-state index is 11.7. The Kier molecular flexibility index (Phi) is 4.70. The molecule has 0 aliphatic heterocycles. The topological polar surface area (TPSA) is 75.6 Å². The summed E-state index contributed by atoms with van der Waals surface area (Å²) in [6.07, 6.45) is 1.07. The van der Waals surface area contributed by atoms with E-state index in [-0.39, 0.29) is 5.91 Å². The number of anilines is 1. The van der Waals surface area contributed by atoms with Crippen molar-refractivity contribution in [3.05, 3.63) is 29.1 Å². The Morgan fingerprint density at radius 2 is 2.15 bits per heavy atom. The zero-order chi connectivity index (χ0) is 14.5. The van der Waals surface area contributed by atoms with Gasteiger partial charge in [0.2, 0.25) is 5.91 Å². The van der Waals surface area contributed by atoms with E-state index in [9.17, 15) is 9.59 Å². The molecule has 0 saturated heterocycles. The van der Waals surface area contributed by atoms with E-state index >= 15 is 0 Å². The second-order valence-corrected chi connectivity index (χ2v) is 5.40. The average Bonchev–Trinajstić information content (AvgIpc) is 2.82. The van der Waals surface area contributed by atoms with Gasteiger partial charge in [-0.05, 0) is 36.1 Å². The van der Waals surface area contributed by atoms with Crippen LogP contribution >= 0.6 is 11.3 Å². The molecule has 0 aliphatic carbocycles. The van der Waals surface area contributed by atoms with E-state index in [1.807, 2.05) is 6.07 Å². The first-order valence-corrected chi connectivity index (χ1v) is 6.97. The number of methoxy groups -OCH3 is 1. The molecular formula is C14H15NO4S. The second kappa shape index (κ2) is 6.49. The highest BCUT2D eigenvalue weighted by molar-refractivity contribution is 7.20. The van der Waals surface area contributed by atoms with Crippen molar-refractivity contribution in [1.82, 2.24) is 0 Å². The van der Waals surface area contributed by atoms with E-state index in [1.54, 1.807) is 25.3 Å². The fourth-order valence-corrected chi connectivity index (χ4v) is 2.71. The Bertz CT molecular complexity index is 635. The van der Waals surface area contributed by atoms with Crippen LogP contribution in [0.15, 0.2) is 24.3 Å². The van der Waals surface area contributed by atoms with Crippen LogP contribution in [0.2, 0.25) is 0 Å². The number of ether oxygens (including phenoxy) is 1. The lowest BCUT2D eigenvalue weighted by Crippen LogP contribution is -2.11. The molecule has 0 bridgehead atoms. The molecule has 0 spiro atoms. The van der Waals surface area contributed by atoms with Gasteiger partial charge in [0.25, 0.3) is 0 Å². The number of rotatable bonds is 6. The summed E-state index contributed by atoms with van der Waals surface area (Å²) in [5.74, 6) is -1.01. The van der Waals surface area contributed by atoms with Gasteiger partial charge in [-0.3, -0.25) is 4.79 Å². The van der Waals surface area contributed by atoms with Crippen LogP contribution in [0.3, 0.4) is 0 Å². The van der Waals surface area contributed by atoms with Gasteiger partial charge in [-0.25, -0.2) is 4.79 Å². The number of amides is 1. The number of benzene rings is 1. The van der Waals surface area contributed by atoms with Crippen molar-refractivity contribution in [2.24, 2.45) is 0 Å². The average molecular weight is 293 g/mol. The van der Waals surface area contributed by atoms with E-state index in [0.717, 1.165) is 10.1 Å². The largest absolute Gasteiger partial charge is 0.477 e. The van der Waals surface area contributed by atoms with Gasteiger partial charge in [0, 0.05) is 30.5 Å². The zero-order valence-electron chi connectivity index (χ0n) is 11.0. The lowest BCUT2D eigenvalue weighted by atomic mass is 10.2. The summed E-state index contributed by atoms with van der Waals surface area (Å²) in [7, 11) is 1.60. The van der Waals surface area contributed by atoms with Crippen LogP contribution in [0.5, 0.6) is 0 Å². The van der Waals surface area contributed by atoms with Gasteiger partial charge < -0.3 is 15.2 Å². The van der Waals surface area contributed by atoms with Gasteiger partial charge in [-0.15, -0.1) is 11.3 Å². The van der Waals surface area contributed by atoms with Crippen molar-refractivity contribution < 1.29 is 19.4 Å². The number of fused-ring (bicyclic) bond motifs is 1. The number of nitrogens with one attached hydrogen (secondary N) is 1. The molecule has 2 aromatic rings. The van der Waals surface area contributed by atoms with Crippen LogP contribution in [-0.2, 0) is 9.53 Å². The number of aromatic carboxylic acids is 1. The van der Waals surface area contributed by atoms with Gasteiger partial charge in [0.15, 0.2) is 0 Å². The van der Waals surface area contributed by atoms with Crippen molar-refractivity contribution in [2.75, 3.05) is 19.0 Å². The molecule has 0 atom stereocenters. The molecule has 20 heavy (non-hydrogen) atoms. The summed E-state index contributed by atoms with van der Waals surface area (Å²) in [5, 5.41) is 12.6. The molecule has 0 radical (unpaired) electrons. The highest BCUT2D eigenvalue weighted by Crippen LogP contribution is 2.28. The quantitative estimate of drug-likeness (QED) is 0.803. The molecule has 2 N–H and O–H groups in total. The Balaban J connectivity index is 2.07. The molecule has 1 heterocycles. The van der Waals surface area contributed by atoms with Crippen LogP contribution in [0.4, 0.5) is 5.69 Å². The predicted molar refractivity (Wildman–Crippen MR) is 78.5 cm³/mol. The van der Waals surface area contributed by atoms with Gasteiger partial charge >= 0.3 is 5.97 Å². The fraction of sp³-hybridized carbons (Fsp3) is 0.286. The summed E-state index contributed by atoms with van der Waals surface area (Å²) in [5.41, 5.74) is 0.676.